The summed E-state index contributed by atoms with van der Waals surface area (Å²) in [6.07, 6.45) is 0. The number of hydrogen-bond donors (Lipinski definition) is 2. The SMILES string of the molecule is CNC(CN)c1ccc(N(C)C)cc1. The molecule has 1 rings (SSSR count). The van der Waals surface area contributed by atoms with Gasteiger partial charge in [-0.3, -0.25) is 0 Å². The lowest BCUT2D eigenvalue weighted by molar-refractivity contribution is 0.605. The van der Waals surface area contributed by atoms with Crippen LogP contribution in [0.25, 0.3) is 0 Å². The van der Waals surface area contributed by atoms with Crippen molar-refractivity contribution in [2.45, 2.75) is 6.04 Å². The Kier molecular flexibility index (Phi) is 3.92. The van der Waals surface area contributed by atoms with E-state index in [2.05, 4.69) is 34.5 Å². The summed E-state index contributed by atoms with van der Waals surface area (Å²) < 4.78 is 0. The number of nitrogens with one attached hydrogen (secondary N) is 1. The maximum atomic E-state index is 5.64. The van der Waals surface area contributed by atoms with Gasteiger partial charge in [-0.2, -0.15) is 0 Å². The molecule has 0 saturated carbocycles. The second-order valence-corrected chi connectivity index (χ2v) is 3.56. The van der Waals surface area contributed by atoms with E-state index < -0.39 is 0 Å². The second-order valence-electron chi connectivity index (χ2n) is 3.56. The van der Waals surface area contributed by atoms with Crippen molar-refractivity contribution in [2.24, 2.45) is 5.73 Å². The summed E-state index contributed by atoms with van der Waals surface area (Å²) in [6.45, 7) is 0.623. The zero-order chi connectivity index (χ0) is 10.6. The molecule has 0 fully saturated rings. The summed E-state index contributed by atoms with van der Waals surface area (Å²) >= 11 is 0. The van der Waals surface area contributed by atoms with Crippen LogP contribution in [0.2, 0.25) is 0 Å². The van der Waals surface area contributed by atoms with Gasteiger partial charge in [0.25, 0.3) is 0 Å². The highest BCUT2D eigenvalue weighted by molar-refractivity contribution is 5.46. The van der Waals surface area contributed by atoms with Crippen LogP contribution in [0.15, 0.2) is 24.3 Å². The molecule has 1 aromatic carbocycles. The van der Waals surface area contributed by atoms with E-state index >= 15 is 0 Å². The van der Waals surface area contributed by atoms with Gasteiger partial charge < -0.3 is 16.0 Å². The molecule has 3 N–H and O–H groups in total. The summed E-state index contributed by atoms with van der Waals surface area (Å²) in [7, 11) is 6.00. The highest BCUT2D eigenvalue weighted by atomic mass is 15.1. The van der Waals surface area contributed by atoms with E-state index in [4.69, 9.17) is 5.73 Å². The molecule has 78 valence electrons. The van der Waals surface area contributed by atoms with Gasteiger partial charge in [0.1, 0.15) is 0 Å². The van der Waals surface area contributed by atoms with E-state index in [1.807, 2.05) is 21.1 Å². The maximum Gasteiger partial charge on any atom is 0.0442 e. The first-order valence-electron chi connectivity index (χ1n) is 4.83. The van der Waals surface area contributed by atoms with Crippen molar-refractivity contribution in [3.05, 3.63) is 29.8 Å². The lowest BCUT2D eigenvalue weighted by Gasteiger charge is -2.17. The highest BCUT2D eigenvalue weighted by Gasteiger charge is 2.05. The van der Waals surface area contributed by atoms with Crippen molar-refractivity contribution < 1.29 is 0 Å². The fraction of sp³-hybridized carbons (Fsp3) is 0.455. The van der Waals surface area contributed by atoms with Crippen LogP contribution in [0.5, 0.6) is 0 Å². The summed E-state index contributed by atoms with van der Waals surface area (Å²) in [4.78, 5) is 2.08. The Balaban J connectivity index is 2.81. The third-order valence-electron chi connectivity index (χ3n) is 2.40. The summed E-state index contributed by atoms with van der Waals surface area (Å²) in [6, 6.07) is 8.70. The predicted molar refractivity (Wildman–Crippen MR) is 61.6 cm³/mol. The van der Waals surface area contributed by atoms with Gasteiger partial charge in [0, 0.05) is 32.4 Å². The second kappa shape index (κ2) is 4.98. The molecule has 0 amide bonds. The lowest BCUT2D eigenvalue weighted by atomic mass is 10.1. The third kappa shape index (κ3) is 2.47. The Morgan fingerprint density at radius 1 is 1.29 bits per heavy atom. The average Bonchev–Trinajstić information content (AvgIpc) is 2.20. The van der Waals surface area contributed by atoms with Crippen molar-refractivity contribution in [2.75, 3.05) is 32.6 Å². The third-order valence-corrected chi connectivity index (χ3v) is 2.40. The molecule has 0 bridgehead atoms. The molecule has 1 aromatic rings. The molecule has 3 nitrogen and oxygen atoms in total. The van der Waals surface area contributed by atoms with Gasteiger partial charge in [0.05, 0.1) is 0 Å². The van der Waals surface area contributed by atoms with Crippen molar-refractivity contribution >= 4 is 5.69 Å². The van der Waals surface area contributed by atoms with Crippen LogP contribution in [0, 0.1) is 0 Å². The molecule has 0 heterocycles. The van der Waals surface area contributed by atoms with Crippen LogP contribution in [0.1, 0.15) is 11.6 Å². The Bertz CT molecular complexity index is 262. The molecule has 0 spiro atoms. The first-order chi connectivity index (χ1) is 6.69. The number of rotatable bonds is 4. The van der Waals surface area contributed by atoms with Gasteiger partial charge in [-0.1, -0.05) is 12.1 Å². The standard InChI is InChI=1S/C11H19N3/c1-13-11(8-12)9-4-6-10(7-5-9)14(2)3/h4-7,11,13H,8,12H2,1-3H3. The maximum absolute atomic E-state index is 5.64. The van der Waals surface area contributed by atoms with Crippen LogP contribution >= 0.6 is 0 Å². The zero-order valence-electron chi connectivity index (χ0n) is 9.12. The van der Waals surface area contributed by atoms with E-state index in [9.17, 15) is 0 Å². The van der Waals surface area contributed by atoms with Crippen molar-refractivity contribution in [1.82, 2.24) is 5.32 Å². The summed E-state index contributed by atoms with van der Waals surface area (Å²) in [5.41, 5.74) is 8.09. The molecule has 0 radical (unpaired) electrons. The number of nitrogens with two attached hydrogens (primary N) is 1. The van der Waals surface area contributed by atoms with E-state index in [1.165, 1.54) is 11.3 Å². The van der Waals surface area contributed by atoms with Crippen molar-refractivity contribution in [3.8, 4) is 0 Å². The van der Waals surface area contributed by atoms with Crippen LogP contribution in [0.4, 0.5) is 5.69 Å². The Morgan fingerprint density at radius 3 is 2.21 bits per heavy atom. The predicted octanol–water partition coefficient (Wildman–Crippen LogP) is 0.972. The lowest BCUT2D eigenvalue weighted by Crippen LogP contribution is -2.24. The minimum Gasteiger partial charge on any atom is -0.378 e. The monoisotopic (exact) mass is 193 g/mol. The van der Waals surface area contributed by atoms with Gasteiger partial charge in [-0.25, -0.2) is 0 Å². The largest absolute Gasteiger partial charge is 0.378 e. The minimum atomic E-state index is 0.256. The molecular weight excluding hydrogens is 174 g/mol. The van der Waals surface area contributed by atoms with E-state index in [-0.39, 0.29) is 6.04 Å². The fourth-order valence-electron chi connectivity index (χ4n) is 1.43. The highest BCUT2D eigenvalue weighted by Crippen LogP contribution is 2.16. The van der Waals surface area contributed by atoms with E-state index in [1.54, 1.807) is 0 Å². The van der Waals surface area contributed by atoms with Gasteiger partial charge in [0.2, 0.25) is 0 Å². The van der Waals surface area contributed by atoms with E-state index in [0.717, 1.165) is 0 Å². The van der Waals surface area contributed by atoms with Crippen LogP contribution in [0.3, 0.4) is 0 Å². The number of nitrogens with zero attached hydrogens (tertiary/aromatic N) is 1. The quantitative estimate of drug-likeness (QED) is 0.748. The van der Waals surface area contributed by atoms with Crippen molar-refractivity contribution in [1.29, 1.82) is 0 Å². The van der Waals surface area contributed by atoms with Gasteiger partial charge in [0.15, 0.2) is 0 Å². The van der Waals surface area contributed by atoms with Gasteiger partial charge >= 0.3 is 0 Å². The average molecular weight is 193 g/mol. The first-order valence-corrected chi connectivity index (χ1v) is 4.83. The number of hydrogen-bond acceptors (Lipinski definition) is 3. The molecule has 3 heteroatoms. The topological polar surface area (TPSA) is 41.3 Å². The number of benzene rings is 1. The molecule has 0 saturated heterocycles. The van der Waals surface area contributed by atoms with Gasteiger partial charge in [-0.15, -0.1) is 0 Å². The summed E-state index contributed by atoms with van der Waals surface area (Å²) in [5.74, 6) is 0. The van der Waals surface area contributed by atoms with Crippen molar-refractivity contribution in [3.63, 3.8) is 0 Å². The summed E-state index contributed by atoms with van der Waals surface area (Å²) in [5, 5.41) is 3.18. The minimum absolute atomic E-state index is 0.256. The normalized spacial score (nSPS) is 12.6. The molecule has 14 heavy (non-hydrogen) atoms. The number of likely N-dealkylation sites (N-methyl/N-ethyl adjacent to an activating group) is 1. The zero-order valence-corrected chi connectivity index (χ0v) is 9.12. The van der Waals surface area contributed by atoms with Gasteiger partial charge in [-0.05, 0) is 24.7 Å². The van der Waals surface area contributed by atoms with Crippen LogP contribution < -0.4 is 16.0 Å². The molecule has 0 aromatic heterocycles. The van der Waals surface area contributed by atoms with Crippen LogP contribution in [-0.4, -0.2) is 27.7 Å². The Labute approximate surface area is 85.9 Å². The molecule has 1 unspecified atom stereocenters. The first kappa shape index (κ1) is 11.0. The fourth-order valence-corrected chi connectivity index (χ4v) is 1.43. The molecular formula is C11H19N3. The smallest absolute Gasteiger partial charge is 0.0442 e. The number of anilines is 1. The Morgan fingerprint density at radius 2 is 1.86 bits per heavy atom. The molecule has 0 aliphatic carbocycles. The molecule has 0 aliphatic heterocycles. The van der Waals surface area contributed by atoms with E-state index in [0.29, 0.717) is 6.54 Å². The molecule has 0 aliphatic rings. The van der Waals surface area contributed by atoms with Crippen LogP contribution in [-0.2, 0) is 0 Å². The molecule has 1 atom stereocenters. The Hall–Kier alpha value is -1.06.